The molecule has 5 nitrogen and oxygen atoms in total. The van der Waals surface area contributed by atoms with E-state index in [2.05, 4.69) is 0 Å². The van der Waals surface area contributed by atoms with Gasteiger partial charge in [0.2, 0.25) is 0 Å². The molecule has 0 bridgehead atoms. The monoisotopic (exact) mass is 340 g/mol. The third-order valence-corrected chi connectivity index (χ3v) is 3.68. The van der Waals surface area contributed by atoms with Gasteiger partial charge in [0.15, 0.2) is 0 Å². The van der Waals surface area contributed by atoms with Gasteiger partial charge in [-0.3, -0.25) is 4.79 Å². The fourth-order valence-corrected chi connectivity index (χ4v) is 2.52. The highest BCUT2D eigenvalue weighted by Crippen LogP contribution is 2.24. The summed E-state index contributed by atoms with van der Waals surface area (Å²) in [4.78, 5) is 14.2. The molecular formula is C16H18ClFN2O3. The van der Waals surface area contributed by atoms with Crippen LogP contribution in [-0.2, 0) is 11.3 Å². The van der Waals surface area contributed by atoms with Gasteiger partial charge in [0.1, 0.15) is 23.9 Å². The summed E-state index contributed by atoms with van der Waals surface area (Å²) in [5.41, 5.74) is 6.68. The molecule has 0 aliphatic carbocycles. The SMILES string of the molecule is Cl.NCc1cc(C(=O)N2CCOC(c3cccc(F)c3)C2)co1. The summed E-state index contributed by atoms with van der Waals surface area (Å²) >= 11 is 0. The van der Waals surface area contributed by atoms with Crippen LogP contribution in [0.2, 0.25) is 0 Å². The second kappa shape index (κ2) is 7.59. The lowest BCUT2D eigenvalue weighted by atomic mass is 10.1. The number of furan rings is 1. The number of carbonyl (C=O) groups excluding carboxylic acids is 1. The van der Waals surface area contributed by atoms with E-state index in [-0.39, 0.29) is 36.8 Å². The van der Waals surface area contributed by atoms with Gasteiger partial charge in [0.05, 0.1) is 25.3 Å². The molecular weight excluding hydrogens is 323 g/mol. The molecule has 1 amide bonds. The van der Waals surface area contributed by atoms with Crippen LogP contribution < -0.4 is 5.73 Å². The molecule has 0 saturated carbocycles. The van der Waals surface area contributed by atoms with Crippen molar-refractivity contribution in [1.82, 2.24) is 4.90 Å². The van der Waals surface area contributed by atoms with Gasteiger partial charge in [-0.1, -0.05) is 12.1 Å². The van der Waals surface area contributed by atoms with Gasteiger partial charge in [0, 0.05) is 6.54 Å². The number of ether oxygens (including phenoxy) is 1. The van der Waals surface area contributed by atoms with Crippen LogP contribution >= 0.6 is 12.4 Å². The number of rotatable bonds is 3. The van der Waals surface area contributed by atoms with Crippen molar-refractivity contribution in [2.45, 2.75) is 12.6 Å². The van der Waals surface area contributed by atoms with Crippen molar-refractivity contribution in [1.29, 1.82) is 0 Å². The number of hydrogen-bond acceptors (Lipinski definition) is 4. The van der Waals surface area contributed by atoms with Crippen LogP contribution in [0.15, 0.2) is 41.0 Å². The smallest absolute Gasteiger partial charge is 0.257 e. The Morgan fingerprint density at radius 2 is 2.22 bits per heavy atom. The van der Waals surface area contributed by atoms with Crippen molar-refractivity contribution in [3.05, 3.63) is 59.3 Å². The van der Waals surface area contributed by atoms with E-state index in [9.17, 15) is 9.18 Å². The van der Waals surface area contributed by atoms with Gasteiger partial charge in [-0.25, -0.2) is 4.39 Å². The quantitative estimate of drug-likeness (QED) is 0.932. The van der Waals surface area contributed by atoms with Gasteiger partial charge >= 0.3 is 0 Å². The first-order valence-corrected chi connectivity index (χ1v) is 7.11. The van der Waals surface area contributed by atoms with Crippen LogP contribution in [0.5, 0.6) is 0 Å². The van der Waals surface area contributed by atoms with Crippen LogP contribution in [-0.4, -0.2) is 30.5 Å². The van der Waals surface area contributed by atoms with Crippen LogP contribution in [0, 0.1) is 5.82 Å². The first-order valence-electron chi connectivity index (χ1n) is 7.11. The van der Waals surface area contributed by atoms with Crippen molar-refractivity contribution in [3.63, 3.8) is 0 Å². The molecule has 1 saturated heterocycles. The van der Waals surface area contributed by atoms with Crippen molar-refractivity contribution >= 4 is 18.3 Å². The molecule has 2 heterocycles. The van der Waals surface area contributed by atoms with Crippen LogP contribution in [0.1, 0.15) is 27.8 Å². The van der Waals surface area contributed by atoms with Crippen LogP contribution in [0.4, 0.5) is 4.39 Å². The summed E-state index contributed by atoms with van der Waals surface area (Å²) in [6.07, 6.45) is 1.09. The lowest BCUT2D eigenvalue weighted by molar-refractivity contribution is -0.0229. The molecule has 0 spiro atoms. The normalized spacial score (nSPS) is 17.7. The molecule has 0 radical (unpaired) electrons. The third kappa shape index (κ3) is 3.90. The predicted molar refractivity (Wildman–Crippen MR) is 84.8 cm³/mol. The minimum Gasteiger partial charge on any atom is -0.467 e. The molecule has 1 atom stereocenters. The lowest BCUT2D eigenvalue weighted by Gasteiger charge is -2.33. The highest BCUT2D eigenvalue weighted by Gasteiger charge is 2.27. The molecule has 2 N–H and O–H groups in total. The average molecular weight is 341 g/mol. The molecule has 1 aliphatic heterocycles. The Labute approximate surface area is 139 Å². The zero-order chi connectivity index (χ0) is 15.5. The van der Waals surface area contributed by atoms with Gasteiger partial charge in [0.25, 0.3) is 5.91 Å². The number of nitrogens with zero attached hydrogens (tertiary/aromatic N) is 1. The van der Waals surface area contributed by atoms with E-state index >= 15 is 0 Å². The maximum atomic E-state index is 13.3. The standard InChI is InChI=1S/C16H17FN2O3.ClH/c17-13-3-1-2-11(6-13)15-9-19(4-5-21-15)16(20)12-7-14(8-18)22-10-12;/h1-3,6-7,10,15H,4-5,8-9,18H2;1H. The zero-order valence-electron chi connectivity index (χ0n) is 12.4. The summed E-state index contributed by atoms with van der Waals surface area (Å²) in [7, 11) is 0. The molecule has 1 aliphatic rings. The number of carbonyl (C=O) groups is 1. The molecule has 2 aromatic rings. The highest BCUT2D eigenvalue weighted by molar-refractivity contribution is 5.94. The largest absolute Gasteiger partial charge is 0.467 e. The Bertz CT molecular complexity index is 677. The van der Waals surface area contributed by atoms with E-state index in [4.69, 9.17) is 14.9 Å². The second-order valence-electron chi connectivity index (χ2n) is 5.17. The van der Waals surface area contributed by atoms with E-state index in [0.29, 0.717) is 31.0 Å². The Balaban J connectivity index is 0.00000192. The van der Waals surface area contributed by atoms with Crippen molar-refractivity contribution < 1.29 is 18.3 Å². The molecule has 1 aromatic carbocycles. The molecule has 23 heavy (non-hydrogen) atoms. The van der Waals surface area contributed by atoms with Gasteiger partial charge in [-0.15, -0.1) is 12.4 Å². The molecule has 1 aromatic heterocycles. The first kappa shape index (κ1) is 17.5. The number of morpholine rings is 1. The lowest BCUT2D eigenvalue weighted by Crippen LogP contribution is -2.42. The molecule has 1 fully saturated rings. The van der Waals surface area contributed by atoms with Gasteiger partial charge in [-0.2, -0.15) is 0 Å². The summed E-state index contributed by atoms with van der Waals surface area (Å²) in [6.45, 7) is 1.54. The zero-order valence-corrected chi connectivity index (χ0v) is 13.2. The van der Waals surface area contributed by atoms with Crippen molar-refractivity contribution in [2.75, 3.05) is 19.7 Å². The molecule has 1 unspecified atom stereocenters. The summed E-state index contributed by atoms with van der Waals surface area (Å²) < 4.78 is 24.2. The first-order chi connectivity index (χ1) is 10.7. The second-order valence-corrected chi connectivity index (χ2v) is 5.17. The Morgan fingerprint density at radius 1 is 1.39 bits per heavy atom. The summed E-state index contributed by atoms with van der Waals surface area (Å²) in [5, 5.41) is 0. The van der Waals surface area contributed by atoms with Gasteiger partial charge in [-0.05, 0) is 23.8 Å². The van der Waals surface area contributed by atoms with E-state index < -0.39 is 0 Å². The van der Waals surface area contributed by atoms with E-state index in [1.54, 1.807) is 23.1 Å². The Kier molecular flexibility index (Phi) is 5.76. The fourth-order valence-electron chi connectivity index (χ4n) is 2.52. The number of benzene rings is 1. The number of amides is 1. The summed E-state index contributed by atoms with van der Waals surface area (Å²) in [6, 6.07) is 7.90. The molecule has 7 heteroatoms. The average Bonchev–Trinajstić information content (AvgIpc) is 3.03. The van der Waals surface area contributed by atoms with E-state index in [1.165, 1.54) is 18.4 Å². The molecule has 3 rings (SSSR count). The fraction of sp³-hybridized carbons (Fsp3) is 0.312. The maximum absolute atomic E-state index is 13.3. The van der Waals surface area contributed by atoms with Gasteiger partial charge < -0.3 is 19.8 Å². The predicted octanol–water partition coefficient (Wildman–Crippen LogP) is 2.51. The van der Waals surface area contributed by atoms with Crippen LogP contribution in [0.3, 0.4) is 0 Å². The molecule has 124 valence electrons. The van der Waals surface area contributed by atoms with Crippen LogP contribution in [0.25, 0.3) is 0 Å². The highest BCUT2D eigenvalue weighted by atomic mass is 35.5. The maximum Gasteiger partial charge on any atom is 0.257 e. The Morgan fingerprint density at radius 3 is 2.91 bits per heavy atom. The topological polar surface area (TPSA) is 68.7 Å². The Hall–Kier alpha value is -1.89. The minimum absolute atomic E-state index is 0. The summed E-state index contributed by atoms with van der Waals surface area (Å²) in [5.74, 6) is 0.124. The van der Waals surface area contributed by atoms with E-state index in [0.717, 1.165) is 5.56 Å². The van der Waals surface area contributed by atoms with Crippen molar-refractivity contribution in [2.24, 2.45) is 5.73 Å². The number of halogens is 2. The number of hydrogen-bond donors (Lipinski definition) is 1. The van der Waals surface area contributed by atoms with E-state index in [1.807, 2.05) is 0 Å². The number of nitrogens with two attached hydrogens (primary N) is 1. The third-order valence-electron chi connectivity index (χ3n) is 3.68. The minimum atomic E-state index is -0.325. The van der Waals surface area contributed by atoms with Crippen molar-refractivity contribution in [3.8, 4) is 0 Å².